The molecule has 1 aliphatic rings. The van der Waals surface area contributed by atoms with Crippen molar-refractivity contribution in [1.29, 1.82) is 0 Å². The molecule has 0 aromatic rings. The van der Waals surface area contributed by atoms with E-state index < -0.39 is 18.0 Å². The fourth-order valence-electron chi connectivity index (χ4n) is 2.73. The van der Waals surface area contributed by atoms with E-state index in [0.717, 1.165) is 19.3 Å². The molecule has 0 aromatic heterocycles. The van der Waals surface area contributed by atoms with Crippen LogP contribution in [0.15, 0.2) is 12.2 Å². The van der Waals surface area contributed by atoms with E-state index in [4.69, 9.17) is 9.84 Å². The van der Waals surface area contributed by atoms with Crippen molar-refractivity contribution in [1.82, 2.24) is 0 Å². The van der Waals surface area contributed by atoms with Crippen LogP contribution in [0.4, 0.5) is 0 Å². The lowest BCUT2D eigenvalue weighted by molar-refractivity contribution is -0.145. The van der Waals surface area contributed by atoms with Crippen molar-refractivity contribution in [2.45, 2.75) is 57.7 Å². The Morgan fingerprint density at radius 3 is 2.74 bits per heavy atom. The average molecular weight is 270 g/mol. The van der Waals surface area contributed by atoms with Crippen LogP contribution in [0, 0.1) is 11.8 Å². The smallest absolute Gasteiger partial charge is 0.309 e. The lowest BCUT2D eigenvalue weighted by Gasteiger charge is -2.16. The number of aliphatic carboxylic acids is 1. The van der Waals surface area contributed by atoms with Crippen molar-refractivity contribution in [3.05, 3.63) is 12.2 Å². The summed E-state index contributed by atoms with van der Waals surface area (Å²) in [4.78, 5) is 11.1. The summed E-state index contributed by atoms with van der Waals surface area (Å²) in [5.41, 5.74) is 0. The summed E-state index contributed by atoms with van der Waals surface area (Å²) >= 11 is 0. The largest absolute Gasteiger partial charge is 0.481 e. The third-order valence-electron chi connectivity index (χ3n) is 3.92. The van der Waals surface area contributed by atoms with Gasteiger partial charge in [-0.1, -0.05) is 38.3 Å². The Balaban J connectivity index is 2.51. The number of carboxylic acids is 1. The van der Waals surface area contributed by atoms with Gasteiger partial charge in [-0.3, -0.25) is 4.79 Å². The molecule has 0 aliphatic heterocycles. The molecule has 0 aromatic carbocycles. The van der Waals surface area contributed by atoms with Gasteiger partial charge in [0.15, 0.2) is 0 Å². The number of unbranched alkanes of at least 4 members (excludes halogenated alkanes) is 2. The third-order valence-corrected chi connectivity index (χ3v) is 3.92. The van der Waals surface area contributed by atoms with E-state index in [1.54, 1.807) is 7.11 Å². The van der Waals surface area contributed by atoms with Crippen LogP contribution in [0.5, 0.6) is 0 Å². The number of methoxy groups -OCH3 is 1. The van der Waals surface area contributed by atoms with E-state index in [9.17, 15) is 9.90 Å². The number of ether oxygens (including phenoxy) is 1. The topological polar surface area (TPSA) is 66.8 Å². The molecule has 0 heterocycles. The maximum atomic E-state index is 11.1. The van der Waals surface area contributed by atoms with Gasteiger partial charge in [-0.25, -0.2) is 0 Å². The Labute approximate surface area is 115 Å². The summed E-state index contributed by atoms with van der Waals surface area (Å²) in [5, 5.41) is 18.8. The molecule has 110 valence electrons. The minimum Gasteiger partial charge on any atom is -0.481 e. The second-order valence-corrected chi connectivity index (χ2v) is 5.33. The monoisotopic (exact) mass is 270 g/mol. The molecule has 4 nitrogen and oxygen atoms in total. The van der Waals surface area contributed by atoms with Crippen LogP contribution >= 0.6 is 0 Å². The summed E-state index contributed by atoms with van der Waals surface area (Å²) in [6, 6.07) is 0. The van der Waals surface area contributed by atoms with Crippen molar-refractivity contribution < 1.29 is 19.7 Å². The first-order valence-corrected chi connectivity index (χ1v) is 7.22. The van der Waals surface area contributed by atoms with E-state index in [1.807, 2.05) is 12.2 Å². The fourth-order valence-corrected chi connectivity index (χ4v) is 2.73. The molecule has 19 heavy (non-hydrogen) atoms. The van der Waals surface area contributed by atoms with Crippen LogP contribution in [0.3, 0.4) is 0 Å². The van der Waals surface area contributed by atoms with Crippen LogP contribution in [0.25, 0.3) is 0 Å². The number of carbonyl (C=O) groups is 1. The molecule has 4 atom stereocenters. The zero-order chi connectivity index (χ0) is 14.3. The van der Waals surface area contributed by atoms with E-state index >= 15 is 0 Å². The molecule has 0 bridgehead atoms. The molecule has 0 radical (unpaired) electrons. The predicted molar refractivity (Wildman–Crippen MR) is 73.9 cm³/mol. The third kappa shape index (κ3) is 4.96. The number of rotatable bonds is 8. The maximum Gasteiger partial charge on any atom is 0.309 e. The van der Waals surface area contributed by atoms with Gasteiger partial charge in [0.2, 0.25) is 0 Å². The minimum atomic E-state index is -0.903. The average Bonchev–Trinajstić information content (AvgIpc) is 2.75. The molecule has 0 spiro atoms. The summed E-state index contributed by atoms with van der Waals surface area (Å²) in [5.74, 6) is -1.64. The summed E-state index contributed by atoms with van der Waals surface area (Å²) in [7, 11) is 1.68. The van der Waals surface area contributed by atoms with Crippen LogP contribution in [0.1, 0.15) is 45.4 Å². The Morgan fingerprint density at radius 2 is 2.16 bits per heavy atom. The molecule has 1 aliphatic carbocycles. The molecule has 4 heteroatoms. The first-order valence-electron chi connectivity index (χ1n) is 7.22. The van der Waals surface area contributed by atoms with Gasteiger partial charge in [0.1, 0.15) is 0 Å². The van der Waals surface area contributed by atoms with Crippen LogP contribution in [-0.4, -0.2) is 35.5 Å². The normalized spacial score (nSPS) is 28.9. The quantitative estimate of drug-likeness (QED) is 0.525. The lowest BCUT2D eigenvalue weighted by Crippen LogP contribution is -2.27. The maximum absolute atomic E-state index is 11.1. The van der Waals surface area contributed by atoms with Crippen LogP contribution in [0.2, 0.25) is 0 Å². The molecule has 1 saturated carbocycles. The van der Waals surface area contributed by atoms with E-state index in [0.29, 0.717) is 6.42 Å². The predicted octanol–water partition coefficient (Wildman–Crippen LogP) is 2.61. The van der Waals surface area contributed by atoms with E-state index in [1.165, 1.54) is 12.8 Å². The number of hydrogen-bond acceptors (Lipinski definition) is 3. The molecular weight excluding hydrogens is 244 g/mol. The number of carboxylic acid groups (broad SMARTS) is 1. The van der Waals surface area contributed by atoms with Crippen molar-refractivity contribution in [2.75, 3.05) is 7.11 Å². The molecule has 2 N–H and O–H groups in total. The Bertz CT molecular complexity index is 301. The SMILES string of the molecule is CCCCCC(C=CC1CCC(O)C1C(=O)O)OC. The van der Waals surface area contributed by atoms with Gasteiger partial charge in [0.05, 0.1) is 18.1 Å². The molecule has 1 fully saturated rings. The highest BCUT2D eigenvalue weighted by molar-refractivity contribution is 5.72. The molecule has 0 amide bonds. The first kappa shape index (κ1) is 16.2. The van der Waals surface area contributed by atoms with Gasteiger partial charge in [0, 0.05) is 7.11 Å². The highest BCUT2D eigenvalue weighted by atomic mass is 16.5. The van der Waals surface area contributed by atoms with Crippen molar-refractivity contribution in [3.63, 3.8) is 0 Å². The van der Waals surface area contributed by atoms with Gasteiger partial charge in [0.25, 0.3) is 0 Å². The molecule has 4 unspecified atom stereocenters. The highest BCUT2D eigenvalue weighted by Gasteiger charge is 2.38. The summed E-state index contributed by atoms with van der Waals surface area (Å²) in [6.07, 6.45) is 8.99. The van der Waals surface area contributed by atoms with Gasteiger partial charge < -0.3 is 14.9 Å². The number of aliphatic hydroxyl groups is 1. The zero-order valence-electron chi connectivity index (χ0n) is 11.9. The second kappa shape index (κ2) is 8.33. The standard InChI is InChI=1S/C15H26O4/c1-3-4-5-6-12(19-2)9-7-11-8-10-13(16)14(11)15(17)18/h7,9,11-14,16H,3-6,8,10H2,1-2H3,(H,17,18). The van der Waals surface area contributed by atoms with Gasteiger partial charge in [-0.05, 0) is 25.2 Å². The molecular formula is C15H26O4. The Kier molecular flexibility index (Phi) is 7.10. The Hall–Kier alpha value is -0.870. The summed E-state index contributed by atoms with van der Waals surface area (Å²) in [6.45, 7) is 2.16. The number of hydrogen-bond donors (Lipinski definition) is 2. The van der Waals surface area contributed by atoms with E-state index in [2.05, 4.69) is 6.92 Å². The van der Waals surface area contributed by atoms with Gasteiger partial charge >= 0.3 is 5.97 Å². The number of allylic oxidation sites excluding steroid dienone is 1. The highest BCUT2D eigenvalue weighted by Crippen LogP contribution is 2.33. The van der Waals surface area contributed by atoms with Crippen LogP contribution < -0.4 is 0 Å². The number of aliphatic hydroxyl groups excluding tert-OH is 1. The van der Waals surface area contributed by atoms with E-state index in [-0.39, 0.29) is 12.0 Å². The fraction of sp³-hybridized carbons (Fsp3) is 0.800. The molecule has 1 rings (SSSR count). The van der Waals surface area contributed by atoms with Crippen molar-refractivity contribution in [2.24, 2.45) is 11.8 Å². The van der Waals surface area contributed by atoms with Gasteiger partial charge in [-0.2, -0.15) is 0 Å². The summed E-state index contributed by atoms with van der Waals surface area (Å²) < 4.78 is 5.38. The second-order valence-electron chi connectivity index (χ2n) is 5.33. The van der Waals surface area contributed by atoms with Crippen molar-refractivity contribution in [3.8, 4) is 0 Å². The van der Waals surface area contributed by atoms with Crippen LogP contribution in [-0.2, 0) is 9.53 Å². The zero-order valence-corrected chi connectivity index (χ0v) is 11.9. The van der Waals surface area contributed by atoms with Crippen molar-refractivity contribution >= 4 is 5.97 Å². The lowest BCUT2D eigenvalue weighted by atomic mass is 9.94. The minimum absolute atomic E-state index is 0.0544. The van der Waals surface area contributed by atoms with Gasteiger partial charge in [-0.15, -0.1) is 0 Å². The first-order chi connectivity index (χ1) is 9.10. The Morgan fingerprint density at radius 1 is 1.42 bits per heavy atom. The molecule has 0 saturated heterocycles.